The monoisotopic (exact) mass is 297 g/mol. The molecule has 6 heteroatoms. The second-order valence-electron chi connectivity index (χ2n) is 5.28. The maximum atomic E-state index is 11.7. The van der Waals surface area contributed by atoms with Gasteiger partial charge in [-0.05, 0) is 43.5 Å². The van der Waals surface area contributed by atoms with Crippen LogP contribution in [0.1, 0.15) is 17.5 Å². The van der Waals surface area contributed by atoms with Crippen LogP contribution in [0.15, 0.2) is 18.2 Å². The van der Waals surface area contributed by atoms with E-state index in [1.54, 1.807) is 0 Å². The lowest BCUT2D eigenvalue weighted by Crippen LogP contribution is -2.38. The Morgan fingerprint density at radius 2 is 1.95 bits per heavy atom. The minimum atomic E-state index is -2.97. The largest absolute Gasteiger partial charge is 0.484 e. The molecule has 1 saturated heterocycles. The SMILES string of the molecule is Cc1cc(C)cc(OCC(=O)NC2CCS(=O)(=O)C2)c1. The lowest BCUT2D eigenvalue weighted by Gasteiger charge is -2.12. The number of amides is 1. The summed E-state index contributed by atoms with van der Waals surface area (Å²) < 4.78 is 28.0. The molecule has 0 radical (unpaired) electrons. The average molecular weight is 297 g/mol. The van der Waals surface area contributed by atoms with Crippen molar-refractivity contribution in [3.05, 3.63) is 29.3 Å². The Bertz CT molecular complexity index is 589. The van der Waals surface area contributed by atoms with Crippen molar-refractivity contribution in [1.29, 1.82) is 0 Å². The number of hydrogen-bond acceptors (Lipinski definition) is 4. The third-order valence-corrected chi connectivity index (χ3v) is 4.93. The first-order chi connectivity index (χ1) is 9.34. The van der Waals surface area contributed by atoms with Crippen molar-refractivity contribution in [3.63, 3.8) is 0 Å². The molecule has 1 N–H and O–H groups in total. The van der Waals surface area contributed by atoms with Gasteiger partial charge in [0.1, 0.15) is 5.75 Å². The summed E-state index contributed by atoms with van der Waals surface area (Å²) >= 11 is 0. The fourth-order valence-corrected chi connectivity index (χ4v) is 4.02. The molecule has 1 aromatic rings. The van der Waals surface area contributed by atoms with Gasteiger partial charge in [0.25, 0.3) is 5.91 Å². The van der Waals surface area contributed by atoms with Gasteiger partial charge in [0.15, 0.2) is 16.4 Å². The number of hydrogen-bond donors (Lipinski definition) is 1. The van der Waals surface area contributed by atoms with E-state index in [1.807, 2.05) is 32.0 Å². The number of aryl methyl sites for hydroxylation is 2. The molecule has 0 aliphatic carbocycles. The number of carbonyl (C=O) groups is 1. The van der Waals surface area contributed by atoms with Crippen molar-refractivity contribution in [2.24, 2.45) is 0 Å². The fraction of sp³-hybridized carbons (Fsp3) is 0.500. The van der Waals surface area contributed by atoms with Crippen molar-refractivity contribution in [2.75, 3.05) is 18.1 Å². The van der Waals surface area contributed by atoms with Crippen molar-refractivity contribution >= 4 is 15.7 Å². The molecule has 1 atom stereocenters. The van der Waals surface area contributed by atoms with Gasteiger partial charge in [-0.15, -0.1) is 0 Å². The van der Waals surface area contributed by atoms with Crippen molar-refractivity contribution < 1.29 is 17.9 Å². The molecule has 20 heavy (non-hydrogen) atoms. The van der Waals surface area contributed by atoms with Gasteiger partial charge < -0.3 is 10.1 Å². The predicted molar refractivity (Wildman–Crippen MR) is 76.6 cm³/mol. The first kappa shape index (κ1) is 14.8. The molecule has 1 fully saturated rings. The molecule has 1 aliphatic heterocycles. The van der Waals surface area contributed by atoms with E-state index in [9.17, 15) is 13.2 Å². The summed E-state index contributed by atoms with van der Waals surface area (Å²) in [5, 5.41) is 2.69. The summed E-state index contributed by atoms with van der Waals surface area (Å²) in [5.41, 5.74) is 2.14. The molecule has 0 bridgehead atoms. The van der Waals surface area contributed by atoms with Gasteiger partial charge in [-0.25, -0.2) is 8.42 Å². The fourth-order valence-electron chi connectivity index (χ4n) is 2.34. The van der Waals surface area contributed by atoms with Gasteiger partial charge in [0.2, 0.25) is 0 Å². The Morgan fingerprint density at radius 1 is 1.30 bits per heavy atom. The van der Waals surface area contributed by atoms with E-state index in [0.29, 0.717) is 12.2 Å². The average Bonchev–Trinajstić information content (AvgIpc) is 2.65. The highest BCUT2D eigenvalue weighted by Crippen LogP contribution is 2.16. The number of nitrogens with one attached hydrogen (secondary N) is 1. The Morgan fingerprint density at radius 3 is 2.50 bits per heavy atom. The van der Waals surface area contributed by atoms with E-state index in [1.165, 1.54) is 0 Å². The van der Waals surface area contributed by atoms with Crippen LogP contribution in [0.25, 0.3) is 0 Å². The first-order valence-electron chi connectivity index (χ1n) is 6.55. The first-order valence-corrected chi connectivity index (χ1v) is 8.37. The van der Waals surface area contributed by atoms with E-state index >= 15 is 0 Å². The summed E-state index contributed by atoms with van der Waals surface area (Å²) in [5.74, 6) is 0.543. The van der Waals surface area contributed by atoms with E-state index in [2.05, 4.69) is 5.32 Å². The topological polar surface area (TPSA) is 72.5 Å². The Hall–Kier alpha value is -1.56. The molecule has 0 spiro atoms. The van der Waals surface area contributed by atoms with Gasteiger partial charge in [-0.2, -0.15) is 0 Å². The van der Waals surface area contributed by atoms with Crippen LogP contribution < -0.4 is 10.1 Å². The lowest BCUT2D eigenvalue weighted by atomic mass is 10.1. The molecular weight excluding hydrogens is 278 g/mol. The minimum absolute atomic E-state index is 0.0301. The van der Waals surface area contributed by atoms with E-state index < -0.39 is 9.84 Å². The number of rotatable bonds is 4. The van der Waals surface area contributed by atoms with Gasteiger partial charge in [-0.3, -0.25) is 4.79 Å². The van der Waals surface area contributed by atoms with Crippen LogP contribution in [0.5, 0.6) is 5.75 Å². The summed E-state index contributed by atoms with van der Waals surface area (Å²) in [6, 6.07) is 5.46. The predicted octanol–water partition coefficient (Wildman–Crippen LogP) is 0.986. The summed E-state index contributed by atoms with van der Waals surface area (Å²) in [4.78, 5) is 11.7. The number of carbonyl (C=O) groups excluding carboxylic acids is 1. The van der Waals surface area contributed by atoms with Crippen molar-refractivity contribution in [2.45, 2.75) is 26.3 Å². The number of benzene rings is 1. The highest BCUT2D eigenvalue weighted by molar-refractivity contribution is 7.91. The van der Waals surface area contributed by atoms with Crippen LogP contribution in [-0.4, -0.2) is 38.5 Å². The quantitative estimate of drug-likeness (QED) is 0.899. The van der Waals surface area contributed by atoms with Crippen LogP contribution in [0.2, 0.25) is 0 Å². The van der Waals surface area contributed by atoms with E-state index in [-0.39, 0.29) is 30.1 Å². The summed E-state index contributed by atoms with van der Waals surface area (Å²) in [6.07, 6.45) is 0.484. The molecule has 5 nitrogen and oxygen atoms in total. The molecule has 1 heterocycles. The smallest absolute Gasteiger partial charge is 0.258 e. The highest BCUT2D eigenvalue weighted by atomic mass is 32.2. The van der Waals surface area contributed by atoms with Crippen LogP contribution in [0.4, 0.5) is 0 Å². The summed E-state index contributed by atoms with van der Waals surface area (Å²) in [6.45, 7) is 3.83. The normalized spacial score (nSPS) is 20.6. The minimum Gasteiger partial charge on any atom is -0.484 e. The molecule has 1 unspecified atom stereocenters. The molecule has 1 amide bonds. The van der Waals surface area contributed by atoms with Crippen LogP contribution in [0, 0.1) is 13.8 Å². The lowest BCUT2D eigenvalue weighted by molar-refractivity contribution is -0.123. The Labute approximate surface area is 119 Å². The van der Waals surface area contributed by atoms with Crippen LogP contribution in [-0.2, 0) is 14.6 Å². The van der Waals surface area contributed by atoms with E-state index in [0.717, 1.165) is 11.1 Å². The van der Waals surface area contributed by atoms with E-state index in [4.69, 9.17) is 4.74 Å². The molecular formula is C14H19NO4S. The second-order valence-corrected chi connectivity index (χ2v) is 7.51. The molecule has 0 aromatic heterocycles. The molecule has 1 aromatic carbocycles. The zero-order valence-electron chi connectivity index (χ0n) is 11.7. The van der Waals surface area contributed by atoms with Gasteiger partial charge >= 0.3 is 0 Å². The molecule has 110 valence electrons. The molecule has 1 aliphatic rings. The third-order valence-electron chi connectivity index (χ3n) is 3.16. The zero-order valence-corrected chi connectivity index (χ0v) is 12.5. The third kappa shape index (κ3) is 4.23. The molecule has 0 saturated carbocycles. The highest BCUT2D eigenvalue weighted by Gasteiger charge is 2.28. The zero-order chi connectivity index (χ0) is 14.8. The number of ether oxygens (including phenoxy) is 1. The maximum absolute atomic E-state index is 11.7. The van der Waals surface area contributed by atoms with Gasteiger partial charge in [-0.1, -0.05) is 6.07 Å². The Balaban J connectivity index is 1.83. The maximum Gasteiger partial charge on any atom is 0.258 e. The van der Waals surface area contributed by atoms with Crippen molar-refractivity contribution in [1.82, 2.24) is 5.32 Å². The summed E-state index contributed by atoms with van der Waals surface area (Å²) in [7, 11) is -2.97. The Kier molecular flexibility index (Phi) is 4.32. The van der Waals surface area contributed by atoms with Crippen LogP contribution in [0.3, 0.4) is 0 Å². The second kappa shape index (κ2) is 5.83. The standard InChI is InChI=1S/C14H19NO4S/c1-10-5-11(2)7-13(6-10)19-8-14(16)15-12-3-4-20(17,18)9-12/h5-7,12H,3-4,8-9H2,1-2H3,(H,15,16). The van der Waals surface area contributed by atoms with Crippen molar-refractivity contribution in [3.8, 4) is 5.75 Å². The van der Waals surface area contributed by atoms with Gasteiger partial charge in [0.05, 0.1) is 11.5 Å². The van der Waals surface area contributed by atoms with Crippen LogP contribution >= 0.6 is 0 Å². The number of sulfone groups is 1. The molecule has 2 rings (SSSR count). The van der Waals surface area contributed by atoms with Gasteiger partial charge in [0, 0.05) is 6.04 Å².